The van der Waals surface area contributed by atoms with Gasteiger partial charge in [-0.1, -0.05) is 13.3 Å². The van der Waals surface area contributed by atoms with Gasteiger partial charge in [-0.2, -0.15) is 0 Å². The first-order valence-electron chi connectivity index (χ1n) is 10.3. The first kappa shape index (κ1) is 23.9. The van der Waals surface area contributed by atoms with Crippen molar-refractivity contribution in [1.82, 2.24) is 9.62 Å². The van der Waals surface area contributed by atoms with Gasteiger partial charge in [0.15, 0.2) is 0 Å². The number of carbonyl (C=O) groups excluding carboxylic acids is 3. The second-order valence-corrected chi connectivity index (χ2v) is 10.7. The van der Waals surface area contributed by atoms with Crippen molar-refractivity contribution in [3.63, 3.8) is 0 Å². The number of amides is 4. The zero-order chi connectivity index (χ0) is 23.5. The van der Waals surface area contributed by atoms with E-state index in [0.717, 1.165) is 36.1 Å². The van der Waals surface area contributed by atoms with Crippen molar-refractivity contribution in [2.75, 3.05) is 18.9 Å². The third-order valence-electron chi connectivity index (χ3n) is 5.26. The number of imide groups is 1. The highest BCUT2D eigenvalue weighted by atomic mass is 32.2. The predicted molar refractivity (Wildman–Crippen MR) is 123 cm³/mol. The monoisotopic (exact) mass is 478 g/mol. The van der Waals surface area contributed by atoms with Crippen molar-refractivity contribution in [3.05, 3.63) is 45.8 Å². The Kier molecular flexibility index (Phi) is 7.32. The van der Waals surface area contributed by atoms with E-state index >= 15 is 0 Å². The van der Waals surface area contributed by atoms with E-state index in [9.17, 15) is 22.8 Å². The Balaban J connectivity index is 1.80. The number of carbonyl (C=O) groups is 3. The highest BCUT2D eigenvalue weighted by molar-refractivity contribution is 7.89. The molecule has 4 N–H and O–H groups in total. The fraction of sp³-hybridized carbons (Fsp3) is 0.381. The van der Waals surface area contributed by atoms with Crippen LogP contribution in [0.4, 0.5) is 9.80 Å². The molecule has 11 heteroatoms. The summed E-state index contributed by atoms with van der Waals surface area (Å²) in [5, 5.41) is 5.13. The summed E-state index contributed by atoms with van der Waals surface area (Å²) in [6.07, 6.45) is 4.01. The molecule has 1 heterocycles. The molecule has 1 aliphatic rings. The molecule has 0 bridgehead atoms. The quantitative estimate of drug-likeness (QED) is 0.535. The number of rotatable bonds is 8. The minimum Gasteiger partial charge on any atom is -0.351 e. The smallest absolute Gasteiger partial charge is 0.319 e. The van der Waals surface area contributed by atoms with Crippen molar-refractivity contribution in [2.45, 2.75) is 43.9 Å². The summed E-state index contributed by atoms with van der Waals surface area (Å²) < 4.78 is 26.6. The van der Waals surface area contributed by atoms with Gasteiger partial charge < -0.3 is 11.1 Å². The fourth-order valence-electron chi connectivity index (χ4n) is 3.54. The zero-order valence-corrected chi connectivity index (χ0v) is 19.6. The summed E-state index contributed by atoms with van der Waals surface area (Å²) in [4.78, 5) is 37.5. The standard InChI is InChI=1S/C21H26N4O5S2/c1-3-4-12-25(2)32(29,30)14-10-8-13(9-11-14)18(26)23-20-17(19(27)24-21(22)28)15-6-5-7-16(15)31-20/h8-11H,3-7,12H2,1-2H3,(H,23,26)(H3,22,24,27,28). The van der Waals surface area contributed by atoms with Crippen LogP contribution in [0.2, 0.25) is 0 Å². The van der Waals surface area contributed by atoms with E-state index in [-0.39, 0.29) is 16.0 Å². The number of hydrogen-bond acceptors (Lipinski definition) is 6. The number of sulfonamides is 1. The number of unbranched alkanes of at least 4 members (excludes halogenated alkanes) is 1. The van der Waals surface area contributed by atoms with Gasteiger partial charge in [-0.15, -0.1) is 11.3 Å². The highest BCUT2D eigenvalue weighted by Crippen LogP contribution is 2.39. The summed E-state index contributed by atoms with van der Waals surface area (Å²) in [5.74, 6) is -1.13. The number of primary amides is 1. The number of nitrogens with two attached hydrogens (primary N) is 1. The molecular weight excluding hydrogens is 452 g/mol. The van der Waals surface area contributed by atoms with Crippen LogP contribution in [0.25, 0.3) is 0 Å². The first-order chi connectivity index (χ1) is 15.1. The molecular formula is C21H26N4O5S2. The summed E-state index contributed by atoms with van der Waals surface area (Å²) in [6.45, 7) is 2.40. The molecule has 0 saturated carbocycles. The Morgan fingerprint density at radius 1 is 1.12 bits per heavy atom. The van der Waals surface area contributed by atoms with E-state index < -0.39 is 27.9 Å². The predicted octanol–water partition coefficient (Wildman–Crippen LogP) is 2.72. The van der Waals surface area contributed by atoms with Crippen molar-refractivity contribution in [2.24, 2.45) is 5.73 Å². The lowest BCUT2D eigenvalue weighted by Crippen LogP contribution is -2.35. The van der Waals surface area contributed by atoms with Gasteiger partial charge in [0.25, 0.3) is 11.8 Å². The SMILES string of the molecule is CCCCN(C)S(=O)(=O)c1ccc(C(=O)Nc2sc3c(c2C(=O)NC(N)=O)CCC3)cc1. The van der Waals surface area contributed by atoms with Gasteiger partial charge in [0.2, 0.25) is 10.0 Å². The Labute approximate surface area is 191 Å². The maximum atomic E-state index is 12.8. The van der Waals surface area contributed by atoms with Gasteiger partial charge in [-0.3, -0.25) is 14.9 Å². The Bertz CT molecular complexity index is 1140. The third kappa shape index (κ3) is 5.00. The summed E-state index contributed by atoms with van der Waals surface area (Å²) >= 11 is 1.30. The highest BCUT2D eigenvalue weighted by Gasteiger charge is 2.28. The lowest BCUT2D eigenvalue weighted by Gasteiger charge is -2.17. The van der Waals surface area contributed by atoms with Crippen LogP contribution in [0.1, 0.15) is 57.3 Å². The Morgan fingerprint density at radius 3 is 2.44 bits per heavy atom. The van der Waals surface area contributed by atoms with Crippen molar-refractivity contribution < 1.29 is 22.8 Å². The molecule has 3 rings (SSSR count). The number of nitrogens with zero attached hydrogens (tertiary/aromatic N) is 1. The van der Waals surface area contributed by atoms with Crippen LogP contribution in [-0.2, 0) is 22.9 Å². The van der Waals surface area contributed by atoms with E-state index in [1.165, 1.54) is 47.0 Å². The molecule has 9 nitrogen and oxygen atoms in total. The molecule has 0 radical (unpaired) electrons. The number of urea groups is 1. The van der Waals surface area contributed by atoms with Crippen LogP contribution in [0.3, 0.4) is 0 Å². The van der Waals surface area contributed by atoms with Crippen molar-refractivity contribution >= 4 is 44.2 Å². The van der Waals surface area contributed by atoms with Gasteiger partial charge >= 0.3 is 6.03 Å². The summed E-state index contributed by atoms with van der Waals surface area (Å²) in [5.41, 5.74) is 6.40. The van der Waals surface area contributed by atoms with Crippen molar-refractivity contribution in [3.8, 4) is 0 Å². The molecule has 1 aromatic carbocycles. The summed E-state index contributed by atoms with van der Waals surface area (Å²) in [7, 11) is -2.11. The lowest BCUT2D eigenvalue weighted by molar-refractivity contribution is 0.0966. The van der Waals surface area contributed by atoms with Crippen LogP contribution in [0, 0.1) is 0 Å². The van der Waals surface area contributed by atoms with Crippen LogP contribution >= 0.6 is 11.3 Å². The second-order valence-electron chi connectivity index (χ2n) is 7.54. The van der Waals surface area contributed by atoms with Gasteiger partial charge in [0.05, 0.1) is 10.5 Å². The number of benzene rings is 1. The van der Waals surface area contributed by atoms with Gasteiger partial charge in [0, 0.05) is 24.0 Å². The molecule has 1 aliphatic carbocycles. The molecule has 2 aromatic rings. The maximum absolute atomic E-state index is 12.8. The van der Waals surface area contributed by atoms with Crippen molar-refractivity contribution in [1.29, 1.82) is 0 Å². The maximum Gasteiger partial charge on any atom is 0.319 e. The molecule has 0 unspecified atom stereocenters. The molecule has 0 aliphatic heterocycles. The average Bonchev–Trinajstić information content (AvgIpc) is 3.32. The molecule has 0 atom stereocenters. The first-order valence-corrected chi connectivity index (χ1v) is 12.5. The second kappa shape index (κ2) is 9.80. The molecule has 1 aromatic heterocycles. The largest absolute Gasteiger partial charge is 0.351 e. The van der Waals surface area contributed by atoms with Gasteiger partial charge in [-0.25, -0.2) is 17.5 Å². The average molecular weight is 479 g/mol. The number of anilines is 1. The van der Waals surface area contributed by atoms with Crippen LogP contribution < -0.4 is 16.4 Å². The molecule has 0 fully saturated rings. The Hall–Kier alpha value is -2.76. The number of aryl methyl sites for hydroxylation is 1. The molecule has 4 amide bonds. The lowest BCUT2D eigenvalue weighted by atomic mass is 10.1. The van der Waals surface area contributed by atoms with E-state index in [2.05, 4.69) is 10.6 Å². The number of thiophene rings is 1. The topological polar surface area (TPSA) is 139 Å². The number of fused-ring (bicyclic) bond motifs is 1. The van der Waals surface area contributed by atoms with Crippen LogP contribution in [-0.4, -0.2) is 44.2 Å². The fourth-order valence-corrected chi connectivity index (χ4v) is 6.03. The zero-order valence-electron chi connectivity index (χ0n) is 17.9. The molecule has 172 valence electrons. The van der Waals surface area contributed by atoms with E-state index in [1.807, 2.05) is 6.92 Å². The number of nitrogens with one attached hydrogen (secondary N) is 2. The minimum atomic E-state index is -3.63. The van der Waals surface area contributed by atoms with Gasteiger partial charge in [-0.05, 0) is 55.5 Å². The normalized spacial score (nSPS) is 13.1. The molecule has 0 saturated heterocycles. The minimum absolute atomic E-state index is 0.101. The Morgan fingerprint density at radius 2 is 1.81 bits per heavy atom. The number of hydrogen-bond donors (Lipinski definition) is 3. The summed E-state index contributed by atoms with van der Waals surface area (Å²) in [6, 6.07) is 4.68. The van der Waals surface area contributed by atoms with Crippen LogP contribution in [0.5, 0.6) is 0 Å². The van der Waals surface area contributed by atoms with Gasteiger partial charge in [0.1, 0.15) is 5.00 Å². The van der Waals surface area contributed by atoms with E-state index in [0.29, 0.717) is 18.0 Å². The molecule has 32 heavy (non-hydrogen) atoms. The van der Waals surface area contributed by atoms with E-state index in [4.69, 9.17) is 5.73 Å². The van der Waals surface area contributed by atoms with E-state index in [1.54, 1.807) is 0 Å². The van der Waals surface area contributed by atoms with Crippen LogP contribution in [0.15, 0.2) is 29.2 Å². The molecule has 0 spiro atoms. The third-order valence-corrected chi connectivity index (χ3v) is 8.34.